The van der Waals surface area contributed by atoms with Crippen molar-refractivity contribution in [3.8, 4) is 23.0 Å². The molecule has 0 unspecified atom stereocenters. The molecule has 1 aliphatic carbocycles. The zero-order valence-corrected chi connectivity index (χ0v) is 23.4. The van der Waals surface area contributed by atoms with Gasteiger partial charge in [-0.05, 0) is 55.7 Å². The molecule has 1 fully saturated rings. The Hall–Kier alpha value is -4.33. The van der Waals surface area contributed by atoms with E-state index in [9.17, 15) is 23.3 Å². The molecular weight excluding hydrogens is 526 g/mol. The van der Waals surface area contributed by atoms with E-state index in [1.165, 1.54) is 25.1 Å². The van der Waals surface area contributed by atoms with E-state index < -0.39 is 21.8 Å². The molecule has 204 valence electrons. The van der Waals surface area contributed by atoms with Crippen molar-refractivity contribution in [1.29, 1.82) is 5.26 Å². The summed E-state index contributed by atoms with van der Waals surface area (Å²) in [4.78, 5) is 28.3. The molecule has 2 heterocycles. The van der Waals surface area contributed by atoms with Crippen molar-refractivity contribution in [1.82, 2.24) is 19.0 Å². The minimum atomic E-state index is -3.70. The topological polar surface area (TPSA) is 116 Å². The predicted octanol–water partition coefficient (Wildman–Crippen LogP) is 4.32. The van der Waals surface area contributed by atoms with Crippen LogP contribution in [0, 0.1) is 11.3 Å². The second kappa shape index (κ2) is 10.7. The van der Waals surface area contributed by atoms with Crippen molar-refractivity contribution in [2.75, 3.05) is 14.1 Å². The van der Waals surface area contributed by atoms with Crippen molar-refractivity contribution in [2.45, 2.75) is 43.5 Å². The molecule has 0 bridgehead atoms. The SMILES string of the molecule is CC1=C(C#N)C(=O)N(C2CCCC2)C(=O)/C1=C/c1cn(-c2ccccc2)nc1-c1cccc(S(=O)(=O)N(C)C)c1. The lowest BCUT2D eigenvalue weighted by atomic mass is 9.92. The van der Waals surface area contributed by atoms with Crippen LogP contribution in [0.5, 0.6) is 0 Å². The number of carbonyl (C=O) groups excluding carboxylic acids is 2. The maximum Gasteiger partial charge on any atom is 0.271 e. The fraction of sp³-hybridized carbons (Fsp3) is 0.267. The minimum absolute atomic E-state index is 0.0474. The number of aromatic nitrogens is 2. The van der Waals surface area contributed by atoms with E-state index in [-0.39, 0.29) is 22.1 Å². The monoisotopic (exact) mass is 555 g/mol. The van der Waals surface area contributed by atoms with E-state index in [0.717, 1.165) is 22.8 Å². The van der Waals surface area contributed by atoms with E-state index in [2.05, 4.69) is 0 Å². The number of para-hydroxylation sites is 1. The van der Waals surface area contributed by atoms with E-state index >= 15 is 0 Å². The zero-order chi connectivity index (χ0) is 28.6. The number of sulfonamides is 1. The number of amides is 2. The van der Waals surface area contributed by atoms with Crippen molar-refractivity contribution >= 4 is 27.9 Å². The molecule has 40 heavy (non-hydrogen) atoms. The summed E-state index contributed by atoms with van der Waals surface area (Å²) in [5.74, 6) is -0.980. The van der Waals surface area contributed by atoms with Crippen LogP contribution in [-0.4, -0.2) is 59.4 Å². The van der Waals surface area contributed by atoms with E-state index in [4.69, 9.17) is 5.10 Å². The van der Waals surface area contributed by atoms with Gasteiger partial charge in [0.2, 0.25) is 10.0 Å². The van der Waals surface area contributed by atoms with Gasteiger partial charge >= 0.3 is 0 Å². The Morgan fingerprint density at radius 3 is 2.38 bits per heavy atom. The molecule has 1 aliphatic heterocycles. The summed E-state index contributed by atoms with van der Waals surface area (Å²) in [6.07, 6.45) is 6.68. The first-order valence-corrected chi connectivity index (χ1v) is 14.5. The molecule has 0 N–H and O–H groups in total. The molecule has 5 rings (SSSR count). The van der Waals surface area contributed by atoms with Gasteiger partial charge in [-0.1, -0.05) is 43.2 Å². The highest BCUT2D eigenvalue weighted by Gasteiger charge is 2.40. The average Bonchev–Trinajstić information content (AvgIpc) is 3.63. The van der Waals surface area contributed by atoms with Crippen LogP contribution in [0.15, 0.2) is 82.4 Å². The van der Waals surface area contributed by atoms with Gasteiger partial charge in [0.05, 0.1) is 10.6 Å². The van der Waals surface area contributed by atoms with Crippen LogP contribution < -0.4 is 0 Å². The highest BCUT2D eigenvalue weighted by atomic mass is 32.2. The standard InChI is InChI=1S/C30H29N5O4S/c1-20-26(29(36)35(24-13-7-8-14-24)30(37)27(20)18-31)17-22-19-34(23-11-5-4-6-12-23)32-28(22)21-10-9-15-25(16-21)40(38,39)33(2)3/h4-6,9-12,15-17,19,24H,7-8,13-14H2,1-3H3/b26-17+. The van der Waals surface area contributed by atoms with Crippen molar-refractivity contribution in [3.05, 3.63) is 83.1 Å². The highest BCUT2D eigenvalue weighted by molar-refractivity contribution is 7.89. The van der Waals surface area contributed by atoms with Gasteiger partial charge in [-0.25, -0.2) is 17.4 Å². The number of hydrogen-bond acceptors (Lipinski definition) is 6. The Bertz CT molecular complexity index is 1710. The van der Waals surface area contributed by atoms with Gasteiger partial charge in [0.25, 0.3) is 11.8 Å². The van der Waals surface area contributed by atoms with Gasteiger partial charge in [-0.2, -0.15) is 10.4 Å². The highest BCUT2D eigenvalue weighted by Crippen LogP contribution is 2.35. The van der Waals surface area contributed by atoms with Crippen LogP contribution in [0.3, 0.4) is 0 Å². The second-order valence-electron chi connectivity index (χ2n) is 10.1. The van der Waals surface area contributed by atoms with Gasteiger partial charge in [0.1, 0.15) is 17.3 Å². The van der Waals surface area contributed by atoms with Gasteiger partial charge in [0.15, 0.2) is 0 Å². The zero-order valence-electron chi connectivity index (χ0n) is 22.5. The summed E-state index contributed by atoms with van der Waals surface area (Å²) >= 11 is 0. The number of imide groups is 1. The third-order valence-corrected chi connectivity index (χ3v) is 9.22. The first-order chi connectivity index (χ1) is 19.1. The third-order valence-electron chi connectivity index (χ3n) is 7.41. The summed E-state index contributed by atoms with van der Waals surface area (Å²) in [5.41, 5.74) is 2.82. The average molecular weight is 556 g/mol. The maximum absolute atomic E-state index is 13.8. The van der Waals surface area contributed by atoms with E-state index in [1.54, 1.807) is 42.1 Å². The van der Waals surface area contributed by atoms with Crippen molar-refractivity contribution < 1.29 is 18.0 Å². The Balaban J connectivity index is 1.70. The smallest absolute Gasteiger partial charge is 0.271 e. The van der Waals surface area contributed by atoms with Crippen LogP contribution in [0.25, 0.3) is 23.0 Å². The summed E-state index contributed by atoms with van der Waals surface area (Å²) in [7, 11) is -0.766. The maximum atomic E-state index is 13.8. The lowest BCUT2D eigenvalue weighted by molar-refractivity contribution is -0.143. The Labute approximate surface area is 233 Å². The Kier molecular flexibility index (Phi) is 7.27. The lowest BCUT2D eigenvalue weighted by Crippen LogP contribution is -2.47. The summed E-state index contributed by atoms with van der Waals surface area (Å²) < 4.78 is 28.5. The molecule has 2 amide bonds. The molecule has 0 atom stereocenters. The molecular formula is C30H29N5O4S. The molecule has 0 radical (unpaired) electrons. The molecule has 10 heteroatoms. The van der Waals surface area contributed by atoms with Crippen LogP contribution in [0.1, 0.15) is 38.2 Å². The largest absolute Gasteiger partial charge is 0.271 e. The van der Waals surface area contributed by atoms with Gasteiger partial charge in [-0.3, -0.25) is 14.5 Å². The Morgan fingerprint density at radius 1 is 1.02 bits per heavy atom. The number of benzene rings is 2. The minimum Gasteiger partial charge on any atom is -0.271 e. The molecule has 1 saturated carbocycles. The summed E-state index contributed by atoms with van der Waals surface area (Å²) in [6.45, 7) is 1.61. The fourth-order valence-electron chi connectivity index (χ4n) is 5.19. The third kappa shape index (κ3) is 4.78. The van der Waals surface area contributed by atoms with Gasteiger partial charge in [0, 0.05) is 43.0 Å². The van der Waals surface area contributed by atoms with Gasteiger partial charge < -0.3 is 0 Å². The molecule has 1 aromatic heterocycles. The van der Waals surface area contributed by atoms with Crippen LogP contribution >= 0.6 is 0 Å². The first-order valence-electron chi connectivity index (χ1n) is 13.0. The Morgan fingerprint density at radius 2 is 1.73 bits per heavy atom. The number of carbonyl (C=O) groups is 2. The van der Waals surface area contributed by atoms with Crippen LogP contribution in [0.2, 0.25) is 0 Å². The normalized spacial score (nSPS) is 17.8. The molecule has 0 saturated heterocycles. The molecule has 2 aromatic carbocycles. The van der Waals surface area contributed by atoms with Gasteiger partial charge in [-0.15, -0.1) is 0 Å². The van der Waals surface area contributed by atoms with Crippen LogP contribution in [-0.2, 0) is 19.6 Å². The summed E-state index contributed by atoms with van der Waals surface area (Å²) in [5, 5.41) is 14.6. The number of hydrogen-bond donors (Lipinski definition) is 0. The first kappa shape index (κ1) is 27.2. The molecule has 2 aliphatic rings. The second-order valence-corrected chi connectivity index (χ2v) is 12.3. The molecule has 9 nitrogen and oxygen atoms in total. The number of nitriles is 1. The number of nitrogens with zero attached hydrogens (tertiary/aromatic N) is 5. The fourth-order valence-corrected chi connectivity index (χ4v) is 6.14. The quantitative estimate of drug-likeness (QED) is 0.330. The number of rotatable bonds is 6. The molecule has 0 spiro atoms. The van der Waals surface area contributed by atoms with Crippen molar-refractivity contribution in [2.24, 2.45) is 0 Å². The predicted molar refractivity (Wildman–Crippen MR) is 150 cm³/mol. The lowest BCUT2D eigenvalue weighted by Gasteiger charge is -2.32. The van der Waals surface area contributed by atoms with E-state index in [1.807, 2.05) is 36.4 Å². The molecule has 3 aromatic rings. The van der Waals surface area contributed by atoms with Crippen LogP contribution in [0.4, 0.5) is 0 Å². The van der Waals surface area contributed by atoms with Crippen molar-refractivity contribution in [3.63, 3.8) is 0 Å². The van der Waals surface area contributed by atoms with E-state index in [0.29, 0.717) is 35.2 Å². The summed E-state index contributed by atoms with van der Waals surface area (Å²) in [6, 6.07) is 17.7.